The Morgan fingerprint density at radius 3 is 2.00 bits per heavy atom. The summed E-state index contributed by atoms with van der Waals surface area (Å²) >= 11 is 0. The van der Waals surface area contributed by atoms with Gasteiger partial charge in [-0.25, -0.2) is 0 Å². The number of benzene rings is 2. The topological polar surface area (TPSA) is 81.4 Å². The lowest BCUT2D eigenvalue weighted by atomic mass is 9.80. The molecule has 0 saturated heterocycles. The minimum absolute atomic E-state index is 0.169. The van der Waals surface area contributed by atoms with Crippen molar-refractivity contribution in [3.63, 3.8) is 0 Å². The van der Waals surface area contributed by atoms with Crippen LogP contribution in [0.25, 0.3) is 0 Å². The van der Waals surface area contributed by atoms with Gasteiger partial charge in [-0.2, -0.15) is 13.2 Å². The third-order valence-corrected chi connectivity index (χ3v) is 5.57. The summed E-state index contributed by atoms with van der Waals surface area (Å²) in [5.74, 6) is -2.68. The van der Waals surface area contributed by atoms with Gasteiger partial charge in [0, 0.05) is 5.56 Å². The van der Waals surface area contributed by atoms with Crippen LogP contribution in [0.15, 0.2) is 30.3 Å². The lowest BCUT2D eigenvalue weighted by Crippen LogP contribution is -2.25. The predicted molar refractivity (Wildman–Crippen MR) is 119 cm³/mol. The van der Waals surface area contributed by atoms with Crippen molar-refractivity contribution in [2.45, 2.75) is 71.4 Å². The fourth-order valence-electron chi connectivity index (χ4n) is 3.99. The van der Waals surface area contributed by atoms with Crippen molar-refractivity contribution in [3.8, 4) is 5.75 Å². The normalized spacial score (nSPS) is 12.8. The Morgan fingerprint density at radius 2 is 1.56 bits per heavy atom. The molecule has 2 rings (SSSR count). The van der Waals surface area contributed by atoms with Crippen LogP contribution in [-0.2, 0) is 17.6 Å². The van der Waals surface area contributed by atoms with E-state index >= 15 is 0 Å². The monoisotopic (exact) mass is 449 g/mol. The minimum Gasteiger partial charge on any atom is -0.507 e. The molecule has 0 bridgehead atoms. The van der Waals surface area contributed by atoms with Gasteiger partial charge in [-0.05, 0) is 52.6 Å². The van der Waals surface area contributed by atoms with Gasteiger partial charge in [-0.15, -0.1) is 0 Å². The molecule has 0 heterocycles. The van der Waals surface area contributed by atoms with Crippen LogP contribution in [0.4, 0.5) is 13.2 Å². The Hall–Kier alpha value is -2.83. The number of carboxylic acid groups (broad SMARTS) is 1. The summed E-state index contributed by atoms with van der Waals surface area (Å²) in [4.78, 5) is 12.4. The summed E-state index contributed by atoms with van der Waals surface area (Å²) in [6.07, 6.45) is -3.33. The standard InChI is InChI=1S/C25H30F3NO3/c1-5-7-17-13-19(23(29)25(26,27)28)22(30)18(8-6-2)20(17)21(24(31)32)16-11-9-15(10-12-16)14(3)4/h9-14,21,29-30H,5-8H2,1-4H3,(H,31,32). The van der Waals surface area contributed by atoms with Crippen LogP contribution in [0.1, 0.15) is 85.8 Å². The van der Waals surface area contributed by atoms with Crippen LogP contribution in [0.3, 0.4) is 0 Å². The van der Waals surface area contributed by atoms with Crippen molar-refractivity contribution in [3.05, 3.63) is 63.7 Å². The first-order valence-electron chi connectivity index (χ1n) is 10.8. The Labute approximate surface area is 186 Å². The smallest absolute Gasteiger partial charge is 0.433 e. The number of halogens is 3. The molecule has 2 aromatic carbocycles. The van der Waals surface area contributed by atoms with Gasteiger partial charge in [0.25, 0.3) is 0 Å². The summed E-state index contributed by atoms with van der Waals surface area (Å²) in [7, 11) is 0. The summed E-state index contributed by atoms with van der Waals surface area (Å²) in [6.45, 7) is 7.69. The molecule has 1 atom stereocenters. The number of aromatic hydroxyl groups is 1. The van der Waals surface area contributed by atoms with Gasteiger partial charge in [-0.1, -0.05) is 64.8 Å². The highest BCUT2D eigenvalue weighted by molar-refractivity contribution is 6.05. The van der Waals surface area contributed by atoms with Gasteiger partial charge >= 0.3 is 12.1 Å². The maximum atomic E-state index is 13.3. The summed E-state index contributed by atoms with van der Waals surface area (Å²) in [5.41, 5.74) is 0.208. The Balaban J connectivity index is 2.83. The van der Waals surface area contributed by atoms with Crippen LogP contribution in [0.2, 0.25) is 0 Å². The number of hydrogen-bond acceptors (Lipinski definition) is 3. The van der Waals surface area contributed by atoms with Crippen molar-refractivity contribution < 1.29 is 28.2 Å². The van der Waals surface area contributed by atoms with Gasteiger partial charge in [0.2, 0.25) is 0 Å². The first-order valence-corrected chi connectivity index (χ1v) is 10.8. The fourth-order valence-corrected chi connectivity index (χ4v) is 3.99. The zero-order chi connectivity index (χ0) is 24.2. The quantitative estimate of drug-likeness (QED) is 0.379. The molecule has 0 radical (unpaired) electrons. The average molecular weight is 450 g/mol. The van der Waals surface area contributed by atoms with Crippen LogP contribution in [0, 0.1) is 5.41 Å². The van der Waals surface area contributed by atoms with E-state index in [-0.39, 0.29) is 17.9 Å². The summed E-state index contributed by atoms with van der Waals surface area (Å²) < 4.78 is 39.8. The first kappa shape index (κ1) is 25.4. The zero-order valence-electron chi connectivity index (χ0n) is 18.8. The highest BCUT2D eigenvalue weighted by Crippen LogP contribution is 2.40. The molecule has 7 heteroatoms. The molecule has 32 heavy (non-hydrogen) atoms. The van der Waals surface area contributed by atoms with E-state index in [1.165, 1.54) is 0 Å². The SMILES string of the molecule is CCCc1cc(C(=N)C(F)(F)F)c(O)c(CCC)c1C(C(=O)O)c1ccc(C(C)C)cc1. The van der Waals surface area contributed by atoms with Crippen molar-refractivity contribution in [2.24, 2.45) is 0 Å². The number of alkyl halides is 3. The number of aliphatic carboxylic acids is 1. The maximum absolute atomic E-state index is 13.3. The molecule has 0 spiro atoms. The number of aryl methyl sites for hydroxylation is 1. The number of phenolic OH excluding ortho intramolecular Hbond substituents is 1. The summed E-state index contributed by atoms with van der Waals surface area (Å²) in [6, 6.07) is 8.29. The van der Waals surface area contributed by atoms with E-state index in [1.807, 2.05) is 32.9 Å². The first-order chi connectivity index (χ1) is 14.9. The number of rotatable bonds is 9. The number of carboxylic acids is 1. The highest BCUT2D eigenvalue weighted by Gasteiger charge is 2.39. The Bertz CT molecular complexity index is 979. The van der Waals surface area contributed by atoms with E-state index < -0.39 is 35.1 Å². The molecule has 0 aliphatic rings. The second kappa shape index (κ2) is 10.2. The molecular formula is C25H30F3NO3. The van der Waals surface area contributed by atoms with Crippen LogP contribution in [-0.4, -0.2) is 28.1 Å². The summed E-state index contributed by atoms with van der Waals surface area (Å²) in [5, 5.41) is 28.5. The maximum Gasteiger partial charge on any atom is 0.433 e. The van der Waals surface area contributed by atoms with E-state index in [0.717, 1.165) is 11.6 Å². The van der Waals surface area contributed by atoms with Crippen molar-refractivity contribution >= 4 is 11.7 Å². The van der Waals surface area contributed by atoms with Gasteiger partial charge in [0.15, 0.2) is 0 Å². The predicted octanol–water partition coefficient (Wildman–Crippen LogP) is 6.57. The van der Waals surface area contributed by atoms with E-state index in [1.54, 1.807) is 19.1 Å². The van der Waals surface area contributed by atoms with Crippen LogP contribution < -0.4 is 0 Å². The number of nitrogens with one attached hydrogen (secondary N) is 1. The van der Waals surface area contributed by atoms with Gasteiger partial charge < -0.3 is 10.2 Å². The molecular weight excluding hydrogens is 419 g/mol. The van der Waals surface area contributed by atoms with E-state index in [4.69, 9.17) is 5.41 Å². The van der Waals surface area contributed by atoms with Crippen LogP contribution in [0.5, 0.6) is 5.75 Å². The van der Waals surface area contributed by atoms with Crippen molar-refractivity contribution in [1.82, 2.24) is 0 Å². The fraction of sp³-hybridized carbons (Fsp3) is 0.440. The molecule has 174 valence electrons. The van der Waals surface area contributed by atoms with Gasteiger partial charge in [-0.3, -0.25) is 10.2 Å². The lowest BCUT2D eigenvalue weighted by molar-refractivity contribution is -0.137. The molecule has 0 fully saturated rings. The Kier molecular flexibility index (Phi) is 8.10. The van der Waals surface area contributed by atoms with E-state index in [0.29, 0.717) is 36.0 Å². The molecule has 0 aliphatic heterocycles. The number of carbonyl (C=O) groups is 1. The molecule has 0 aliphatic carbocycles. The molecule has 0 aromatic heterocycles. The molecule has 0 saturated carbocycles. The number of phenols is 1. The molecule has 1 unspecified atom stereocenters. The molecule has 2 aromatic rings. The van der Waals surface area contributed by atoms with Crippen LogP contribution >= 0.6 is 0 Å². The molecule has 4 nitrogen and oxygen atoms in total. The largest absolute Gasteiger partial charge is 0.507 e. The van der Waals surface area contributed by atoms with Gasteiger partial charge in [0.05, 0.1) is 0 Å². The molecule has 0 amide bonds. The highest BCUT2D eigenvalue weighted by atomic mass is 19.4. The molecule has 3 N–H and O–H groups in total. The lowest BCUT2D eigenvalue weighted by Gasteiger charge is -2.25. The minimum atomic E-state index is -4.93. The third-order valence-electron chi connectivity index (χ3n) is 5.57. The average Bonchev–Trinajstić information content (AvgIpc) is 2.71. The second-order valence-corrected chi connectivity index (χ2v) is 8.29. The van der Waals surface area contributed by atoms with E-state index in [9.17, 15) is 28.2 Å². The zero-order valence-corrected chi connectivity index (χ0v) is 18.8. The Morgan fingerprint density at radius 1 is 1.03 bits per heavy atom. The van der Waals surface area contributed by atoms with E-state index in [2.05, 4.69) is 0 Å². The second-order valence-electron chi connectivity index (χ2n) is 8.29. The van der Waals surface area contributed by atoms with Crippen molar-refractivity contribution in [2.75, 3.05) is 0 Å². The van der Waals surface area contributed by atoms with Gasteiger partial charge in [0.1, 0.15) is 17.4 Å². The van der Waals surface area contributed by atoms with Crippen molar-refractivity contribution in [1.29, 1.82) is 5.41 Å². The third kappa shape index (κ3) is 5.31. The number of hydrogen-bond donors (Lipinski definition) is 3.